The van der Waals surface area contributed by atoms with Gasteiger partial charge in [0.05, 0.1) is 6.10 Å². The maximum atomic E-state index is 9.09. The average Bonchev–Trinajstić information content (AvgIpc) is 1.97. The molecule has 5 nitrogen and oxygen atoms in total. The molecule has 1 aliphatic heterocycles. The van der Waals surface area contributed by atoms with Gasteiger partial charge in [-0.15, -0.1) is 0 Å². The van der Waals surface area contributed by atoms with E-state index in [1.807, 2.05) is 0 Å². The molecule has 0 aromatic carbocycles. The number of aliphatic hydroxyl groups is 4. The quantitative estimate of drug-likeness (QED) is 0.326. The summed E-state index contributed by atoms with van der Waals surface area (Å²) in [5.74, 6) is 0. The number of hydrogen-bond donors (Lipinski definition) is 4. The van der Waals surface area contributed by atoms with Crippen molar-refractivity contribution < 1.29 is 25.2 Å². The lowest BCUT2D eigenvalue weighted by Gasteiger charge is -2.36. The standard InChI is InChI=1S/C6H12O5/c1-2-3(7)4(8)5(9)6(10)11-2/h2-10H,1H3/t2?,3-,4+,5?,6?/m0/s1. The molecule has 0 radical (unpaired) electrons. The van der Waals surface area contributed by atoms with Gasteiger partial charge in [-0.3, -0.25) is 0 Å². The topological polar surface area (TPSA) is 90.2 Å². The van der Waals surface area contributed by atoms with E-state index < -0.39 is 30.7 Å². The zero-order valence-corrected chi connectivity index (χ0v) is 6.08. The molecule has 0 aromatic rings. The molecule has 5 heteroatoms. The summed E-state index contributed by atoms with van der Waals surface area (Å²) in [5.41, 5.74) is 0. The highest BCUT2D eigenvalue weighted by Gasteiger charge is 2.40. The summed E-state index contributed by atoms with van der Waals surface area (Å²) in [7, 11) is 0. The van der Waals surface area contributed by atoms with Crippen molar-refractivity contribution in [3.05, 3.63) is 0 Å². The molecule has 1 heterocycles. The second-order valence-corrected chi connectivity index (χ2v) is 2.70. The van der Waals surface area contributed by atoms with Gasteiger partial charge in [0.1, 0.15) is 18.3 Å². The Morgan fingerprint density at radius 1 is 0.909 bits per heavy atom. The van der Waals surface area contributed by atoms with Gasteiger partial charge in [0.15, 0.2) is 6.29 Å². The Labute approximate surface area is 63.8 Å². The summed E-state index contributed by atoms with van der Waals surface area (Å²) in [6.07, 6.45) is -5.99. The van der Waals surface area contributed by atoms with E-state index in [0.29, 0.717) is 0 Å². The van der Waals surface area contributed by atoms with Crippen molar-refractivity contribution in [2.75, 3.05) is 0 Å². The molecular weight excluding hydrogens is 152 g/mol. The van der Waals surface area contributed by atoms with Crippen molar-refractivity contribution in [3.8, 4) is 0 Å². The van der Waals surface area contributed by atoms with Crippen LogP contribution >= 0.6 is 0 Å². The van der Waals surface area contributed by atoms with Crippen LogP contribution in [0.4, 0.5) is 0 Å². The Hall–Kier alpha value is -0.200. The summed E-state index contributed by atoms with van der Waals surface area (Å²) < 4.78 is 4.68. The Morgan fingerprint density at radius 2 is 1.45 bits per heavy atom. The average molecular weight is 164 g/mol. The van der Waals surface area contributed by atoms with Gasteiger partial charge < -0.3 is 25.2 Å². The van der Waals surface area contributed by atoms with Crippen molar-refractivity contribution in [2.45, 2.75) is 37.6 Å². The van der Waals surface area contributed by atoms with Crippen molar-refractivity contribution in [2.24, 2.45) is 0 Å². The SMILES string of the molecule is CC1OC(O)C(O)[C@H](O)[C@H]1O. The number of rotatable bonds is 0. The summed E-state index contributed by atoms with van der Waals surface area (Å²) in [5, 5.41) is 36.0. The van der Waals surface area contributed by atoms with Gasteiger partial charge in [0, 0.05) is 0 Å². The van der Waals surface area contributed by atoms with E-state index >= 15 is 0 Å². The summed E-state index contributed by atoms with van der Waals surface area (Å²) >= 11 is 0. The van der Waals surface area contributed by atoms with Gasteiger partial charge in [-0.05, 0) is 6.92 Å². The van der Waals surface area contributed by atoms with E-state index in [9.17, 15) is 0 Å². The highest BCUT2D eigenvalue weighted by Crippen LogP contribution is 2.18. The van der Waals surface area contributed by atoms with Crippen molar-refractivity contribution in [3.63, 3.8) is 0 Å². The van der Waals surface area contributed by atoms with Crippen LogP contribution in [0.2, 0.25) is 0 Å². The Balaban J connectivity index is 2.63. The van der Waals surface area contributed by atoms with Gasteiger partial charge in [-0.1, -0.05) is 0 Å². The van der Waals surface area contributed by atoms with Gasteiger partial charge in [0.25, 0.3) is 0 Å². The van der Waals surface area contributed by atoms with Crippen molar-refractivity contribution in [1.29, 1.82) is 0 Å². The van der Waals surface area contributed by atoms with Crippen LogP contribution in [0.25, 0.3) is 0 Å². The minimum Gasteiger partial charge on any atom is -0.388 e. The van der Waals surface area contributed by atoms with Crippen LogP contribution in [0.5, 0.6) is 0 Å². The number of aliphatic hydroxyl groups excluding tert-OH is 4. The monoisotopic (exact) mass is 164 g/mol. The van der Waals surface area contributed by atoms with Gasteiger partial charge in [-0.25, -0.2) is 0 Å². The molecule has 1 aliphatic rings. The lowest BCUT2D eigenvalue weighted by atomic mass is 10.0. The lowest BCUT2D eigenvalue weighted by molar-refractivity contribution is -0.277. The van der Waals surface area contributed by atoms with Crippen LogP contribution in [0.1, 0.15) is 6.92 Å². The zero-order valence-electron chi connectivity index (χ0n) is 6.08. The van der Waals surface area contributed by atoms with Crippen LogP contribution < -0.4 is 0 Å². The fourth-order valence-corrected chi connectivity index (χ4v) is 1.03. The molecule has 11 heavy (non-hydrogen) atoms. The van der Waals surface area contributed by atoms with E-state index in [1.54, 1.807) is 0 Å². The third kappa shape index (κ3) is 1.52. The van der Waals surface area contributed by atoms with Gasteiger partial charge in [0.2, 0.25) is 0 Å². The summed E-state index contributed by atoms with van der Waals surface area (Å²) in [4.78, 5) is 0. The zero-order chi connectivity index (χ0) is 8.59. The molecule has 5 atom stereocenters. The maximum Gasteiger partial charge on any atom is 0.183 e. The highest BCUT2D eigenvalue weighted by atomic mass is 16.6. The molecule has 0 amide bonds. The molecule has 1 rings (SSSR count). The van der Waals surface area contributed by atoms with Crippen LogP contribution in [-0.2, 0) is 4.74 Å². The first-order valence-corrected chi connectivity index (χ1v) is 3.41. The number of hydrogen-bond acceptors (Lipinski definition) is 5. The molecular formula is C6H12O5. The molecule has 0 aromatic heterocycles. The van der Waals surface area contributed by atoms with E-state index in [1.165, 1.54) is 6.92 Å². The molecule has 0 bridgehead atoms. The molecule has 3 unspecified atom stereocenters. The summed E-state index contributed by atoms with van der Waals surface area (Å²) in [6, 6.07) is 0. The van der Waals surface area contributed by atoms with Crippen LogP contribution in [0.3, 0.4) is 0 Å². The third-order valence-electron chi connectivity index (χ3n) is 1.83. The Morgan fingerprint density at radius 3 is 2.00 bits per heavy atom. The molecule has 4 N–H and O–H groups in total. The Kier molecular flexibility index (Phi) is 2.46. The van der Waals surface area contributed by atoms with E-state index in [0.717, 1.165) is 0 Å². The smallest absolute Gasteiger partial charge is 0.183 e. The van der Waals surface area contributed by atoms with Crippen LogP contribution in [-0.4, -0.2) is 51.1 Å². The molecule has 0 aliphatic carbocycles. The fourth-order valence-electron chi connectivity index (χ4n) is 1.03. The predicted molar refractivity (Wildman–Crippen MR) is 34.6 cm³/mol. The highest BCUT2D eigenvalue weighted by molar-refractivity contribution is 4.86. The molecule has 0 spiro atoms. The van der Waals surface area contributed by atoms with Gasteiger partial charge >= 0.3 is 0 Å². The molecule has 0 saturated carbocycles. The molecule has 1 saturated heterocycles. The maximum absolute atomic E-state index is 9.09. The second kappa shape index (κ2) is 3.04. The van der Waals surface area contributed by atoms with Crippen molar-refractivity contribution in [1.82, 2.24) is 0 Å². The predicted octanol–water partition coefficient (Wildman–Crippen LogP) is -2.19. The van der Waals surface area contributed by atoms with Gasteiger partial charge in [-0.2, -0.15) is 0 Å². The number of ether oxygens (including phenoxy) is 1. The van der Waals surface area contributed by atoms with Crippen LogP contribution in [0, 0.1) is 0 Å². The lowest BCUT2D eigenvalue weighted by Crippen LogP contribution is -2.56. The largest absolute Gasteiger partial charge is 0.388 e. The first-order chi connectivity index (χ1) is 5.04. The first kappa shape index (κ1) is 8.89. The van der Waals surface area contributed by atoms with E-state index in [-0.39, 0.29) is 0 Å². The minimum absolute atomic E-state index is 0.664. The van der Waals surface area contributed by atoms with E-state index in [4.69, 9.17) is 20.4 Å². The Bertz CT molecular complexity index is 125. The second-order valence-electron chi connectivity index (χ2n) is 2.70. The third-order valence-corrected chi connectivity index (χ3v) is 1.83. The summed E-state index contributed by atoms with van der Waals surface area (Å²) in [6.45, 7) is 1.50. The molecule has 1 fully saturated rings. The molecule has 66 valence electrons. The first-order valence-electron chi connectivity index (χ1n) is 3.41. The van der Waals surface area contributed by atoms with Crippen molar-refractivity contribution >= 4 is 0 Å². The fraction of sp³-hybridized carbons (Fsp3) is 1.00. The van der Waals surface area contributed by atoms with Crippen LogP contribution in [0.15, 0.2) is 0 Å². The van der Waals surface area contributed by atoms with E-state index in [2.05, 4.69) is 4.74 Å². The minimum atomic E-state index is -1.43. The normalized spacial score (nSPS) is 52.6.